The largest absolute Gasteiger partial charge is 0.351 e. The lowest BCUT2D eigenvalue weighted by Crippen LogP contribution is -2.26. The molecule has 5 heteroatoms. The second-order valence-corrected chi connectivity index (χ2v) is 5.64. The van der Waals surface area contributed by atoms with Crippen LogP contribution in [0.3, 0.4) is 0 Å². The van der Waals surface area contributed by atoms with Gasteiger partial charge in [-0.25, -0.2) is 0 Å². The lowest BCUT2D eigenvalue weighted by atomic mass is 10.2. The fourth-order valence-electron chi connectivity index (χ4n) is 1.42. The highest BCUT2D eigenvalue weighted by Gasteiger charge is 2.09. The smallest absolute Gasteiger partial charge is 0.222 e. The molecule has 3 nitrogen and oxygen atoms in total. The minimum atomic E-state index is 0.00564. The van der Waals surface area contributed by atoms with E-state index in [0.29, 0.717) is 11.6 Å². The van der Waals surface area contributed by atoms with Crippen LogP contribution in [0.2, 0.25) is 5.02 Å². The summed E-state index contributed by atoms with van der Waals surface area (Å²) in [6.45, 7) is 4.28. The molecule has 0 saturated heterocycles. The van der Waals surface area contributed by atoms with E-state index in [2.05, 4.69) is 10.3 Å². The molecule has 0 aromatic carbocycles. The summed E-state index contributed by atoms with van der Waals surface area (Å²) in [6.07, 6.45) is 1.69. The Bertz CT molecular complexity index is 550. The van der Waals surface area contributed by atoms with Gasteiger partial charge in [-0.15, -0.1) is 11.3 Å². The van der Waals surface area contributed by atoms with Crippen molar-refractivity contribution >= 4 is 39.1 Å². The van der Waals surface area contributed by atoms with Gasteiger partial charge in [-0.1, -0.05) is 25.4 Å². The van der Waals surface area contributed by atoms with Gasteiger partial charge in [0.15, 0.2) is 0 Å². The number of thiophene rings is 1. The first-order valence-electron chi connectivity index (χ1n) is 5.38. The van der Waals surface area contributed by atoms with Crippen molar-refractivity contribution in [1.82, 2.24) is 10.3 Å². The molecule has 2 heterocycles. The quantitative estimate of drug-likeness (QED) is 0.929. The van der Waals surface area contributed by atoms with Crippen LogP contribution >= 0.6 is 22.9 Å². The van der Waals surface area contributed by atoms with E-state index in [1.807, 2.05) is 19.9 Å². The van der Waals surface area contributed by atoms with Crippen molar-refractivity contribution < 1.29 is 4.79 Å². The molecule has 17 heavy (non-hydrogen) atoms. The Labute approximate surface area is 109 Å². The van der Waals surface area contributed by atoms with Gasteiger partial charge in [-0.05, 0) is 12.1 Å². The van der Waals surface area contributed by atoms with Crippen LogP contribution in [0.1, 0.15) is 18.7 Å². The van der Waals surface area contributed by atoms with Gasteiger partial charge < -0.3 is 5.32 Å². The number of halogens is 1. The number of carbonyl (C=O) groups excluding carboxylic acids is 1. The molecule has 0 aliphatic heterocycles. The summed E-state index contributed by atoms with van der Waals surface area (Å²) in [5.74, 6) is 0.0626. The number of aromatic nitrogens is 1. The van der Waals surface area contributed by atoms with E-state index in [-0.39, 0.29) is 11.8 Å². The van der Waals surface area contributed by atoms with Crippen molar-refractivity contribution in [2.45, 2.75) is 20.4 Å². The van der Waals surface area contributed by atoms with Gasteiger partial charge in [0.05, 0.1) is 21.8 Å². The Morgan fingerprint density at radius 3 is 3.00 bits per heavy atom. The minimum Gasteiger partial charge on any atom is -0.351 e. The van der Waals surface area contributed by atoms with Crippen molar-refractivity contribution in [3.63, 3.8) is 0 Å². The third kappa shape index (κ3) is 2.76. The fraction of sp³-hybridized carbons (Fsp3) is 0.333. The highest BCUT2D eigenvalue weighted by atomic mass is 35.5. The van der Waals surface area contributed by atoms with Crippen LogP contribution in [0.4, 0.5) is 0 Å². The molecular weight excluding hydrogens is 256 g/mol. The van der Waals surface area contributed by atoms with Crippen LogP contribution in [0.5, 0.6) is 0 Å². The van der Waals surface area contributed by atoms with E-state index >= 15 is 0 Å². The molecular formula is C12H13ClN2OS. The van der Waals surface area contributed by atoms with E-state index in [0.717, 1.165) is 15.1 Å². The fourth-order valence-corrected chi connectivity index (χ4v) is 2.65. The van der Waals surface area contributed by atoms with Crippen molar-refractivity contribution in [2.75, 3.05) is 0 Å². The predicted molar refractivity (Wildman–Crippen MR) is 71.3 cm³/mol. The first-order chi connectivity index (χ1) is 8.08. The van der Waals surface area contributed by atoms with E-state index in [1.54, 1.807) is 23.6 Å². The number of hydrogen-bond donors (Lipinski definition) is 1. The Hall–Kier alpha value is -1.13. The molecule has 0 saturated carbocycles. The number of nitrogens with one attached hydrogen (secondary N) is 1. The number of hydrogen-bond acceptors (Lipinski definition) is 3. The van der Waals surface area contributed by atoms with Gasteiger partial charge in [0.25, 0.3) is 0 Å². The summed E-state index contributed by atoms with van der Waals surface area (Å²) in [4.78, 5) is 16.8. The number of carbonyl (C=O) groups is 1. The summed E-state index contributed by atoms with van der Waals surface area (Å²) in [5.41, 5.74) is 0.885. The maximum Gasteiger partial charge on any atom is 0.222 e. The molecule has 0 radical (unpaired) electrons. The highest BCUT2D eigenvalue weighted by Crippen LogP contribution is 2.30. The number of amides is 1. The molecule has 0 aliphatic rings. The Balaban J connectivity index is 2.15. The molecule has 90 valence electrons. The average Bonchev–Trinajstić information content (AvgIpc) is 2.70. The number of fused-ring (bicyclic) bond motifs is 1. The molecule has 0 unspecified atom stereocenters. The SMILES string of the molecule is CC(C)C(=O)NCc1cc2nccc(Cl)c2s1. The molecule has 0 aliphatic carbocycles. The summed E-state index contributed by atoms with van der Waals surface area (Å²) in [6, 6.07) is 3.74. The number of nitrogens with zero attached hydrogens (tertiary/aromatic N) is 1. The van der Waals surface area contributed by atoms with Gasteiger partial charge in [0, 0.05) is 17.0 Å². The number of rotatable bonds is 3. The molecule has 0 bridgehead atoms. The van der Waals surface area contributed by atoms with Crippen molar-refractivity contribution in [1.29, 1.82) is 0 Å². The first kappa shape index (κ1) is 12.3. The van der Waals surface area contributed by atoms with Crippen LogP contribution in [0.25, 0.3) is 10.2 Å². The van der Waals surface area contributed by atoms with Crippen LogP contribution in [-0.4, -0.2) is 10.9 Å². The predicted octanol–water partition coefficient (Wildman–Crippen LogP) is 3.22. The zero-order chi connectivity index (χ0) is 12.4. The van der Waals surface area contributed by atoms with Crippen LogP contribution in [0.15, 0.2) is 18.3 Å². The topological polar surface area (TPSA) is 42.0 Å². The van der Waals surface area contributed by atoms with E-state index in [4.69, 9.17) is 11.6 Å². The molecule has 0 atom stereocenters. The normalized spacial score (nSPS) is 11.1. The lowest BCUT2D eigenvalue weighted by molar-refractivity contribution is -0.124. The molecule has 1 amide bonds. The van der Waals surface area contributed by atoms with Gasteiger partial charge in [0.1, 0.15) is 0 Å². The monoisotopic (exact) mass is 268 g/mol. The molecule has 2 aromatic rings. The summed E-state index contributed by atoms with van der Waals surface area (Å²) >= 11 is 7.64. The lowest BCUT2D eigenvalue weighted by Gasteiger charge is -2.05. The highest BCUT2D eigenvalue weighted by molar-refractivity contribution is 7.19. The number of pyridine rings is 1. The Kier molecular flexibility index (Phi) is 3.64. The van der Waals surface area contributed by atoms with Gasteiger partial charge in [-0.2, -0.15) is 0 Å². The maximum absolute atomic E-state index is 11.5. The Morgan fingerprint density at radius 1 is 1.59 bits per heavy atom. The van der Waals surface area contributed by atoms with Crippen LogP contribution in [0, 0.1) is 5.92 Å². The van der Waals surface area contributed by atoms with Crippen molar-refractivity contribution in [3.8, 4) is 0 Å². The third-order valence-corrected chi connectivity index (χ3v) is 3.96. The minimum absolute atomic E-state index is 0.00564. The summed E-state index contributed by atoms with van der Waals surface area (Å²) < 4.78 is 0.975. The van der Waals surface area contributed by atoms with Crippen LogP contribution in [-0.2, 0) is 11.3 Å². The summed E-state index contributed by atoms with van der Waals surface area (Å²) in [7, 11) is 0. The standard InChI is InChI=1S/C12H13ClN2OS/c1-7(2)12(16)15-6-8-5-10-11(17-8)9(13)3-4-14-10/h3-5,7H,6H2,1-2H3,(H,15,16). The van der Waals surface area contributed by atoms with Gasteiger partial charge >= 0.3 is 0 Å². The van der Waals surface area contributed by atoms with E-state index in [9.17, 15) is 4.79 Å². The molecule has 0 fully saturated rings. The molecule has 2 rings (SSSR count). The van der Waals surface area contributed by atoms with E-state index in [1.165, 1.54) is 0 Å². The second-order valence-electron chi connectivity index (χ2n) is 4.09. The third-order valence-electron chi connectivity index (χ3n) is 2.38. The zero-order valence-electron chi connectivity index (χ0n) is 9.66. The van der Waals surface area contributed by atoms with E-state index < -0.39 is 0 Å². The van der Waals surface area contributed by atoms with Crippen LogP contribution < -0.4 is 5.32 Å². The van der Waals surface area contributed by atoms with Crippen molar-refractivity contribution in [3.05, 3.63) is 28.2 Å². The second kappa shape index (κ2) is 5.02. The van der Waals surface area contributed by atoms with Gasteiger partial charge in [0.2, 0.25) is 5.91 Å². The van der Waals surface area contributed by atoms with Crippen molar-refractivity contribution in [2.24, 2.45) is 5.92 Å². The summed E-state index contributed by atoms with van der Waals surface area (Å²) in [5, 5.41) is 3.59. The molecule has 2 aromatic heterocycles. The molecule has 0 spiro atoms. The average molecular weight is 269 g/mol. The Morgan fingerprint density at radius 2 is 2.35 bits per heavy atom. The maximum atomic E-state index is 11.5. The van der Waals surface area contributed by atoms with Gasteiger partial charge in [-0.3, -0.25) is 9.78 Å². The zero-order valence-corrected chi connectivity index (χ0v) is 11.2. The molecule has 1 N–H and O–H groups in total. The first-order valence-corrected chi connectivity index (χ1v) is 6.58.